The number of amides is 2. The van der Waals surface area contributed by atoms with E-state index in [-0.39, 0.29) is 24.5 Å². The number of rotatable bonds is 5. The minimum atomic E-state index is -0.862. The molecule has 5 heteroatoms. The molecule has 21 heavy (non-hydrogen) atoms. The lowest BCUT2D eigenvalue weighted by Crippen LogP contribution is -2.54. The third kappa shape index (κ3) is 5.56. The molecule has 1 rings (SSSR count). The number of piperidine rings is 1. The van der Waals surface area contributed by atoms with Gasteiger partial charge in [0, 0.05) is 25.2 Å². The second-order valence-corrected chi connectivity index (χ2v) is 6.97. The van der Waals surface area contributed by atoms with Crippen LogP contribution in [0.15, 0.2) is 0 Å². The van der Waals surface area contributed by atoms with Crippen molar-refractivity contribution in [2.75, 3.05) is 19.6 Å². The van der Waals surface area contributed by atoms with E-state index < -0.39 is 5.97 Å². The normalized spacial score (nSPS) is 16.9. The van der Waals surface area contributed by atoms with Crippen LogP contribution >= 0.6 is 0 Å². The lowest BCUT2D eigenvalue weighted by Gasteiger charge is -2.41. The van der Waals surface area contributed by atoms with Gasteiger partial charge in [0.1, 0.15) is 0 Å². The van der Waals surface area contributed by atoms with Gasteiger partial charge in [0.15, 0.2) is 0 Å². The van der Waals surface area contributed by atoms with Crippen molar-refractivity contribution < 1.29 is 14.7 Å². The summed E-state index contributed by atoms with van der Waals surface area (Å²) in [6.45, 7) is 9.92. The van der Waals surface area contributed by atoms with E-state index in [0.29, 0.717) is 0 Å². The summed E-state index contributed by atoms with van der Waals surface area (Å²) in [6, 6.07) is -0.0151. The van der Waals surface area contributed by atoms with Crippen LogP contribution < -0.4 is 0 Å². The van der Waals surface area contributed by atoms with E-state index in [1.165, 1.54) is 12.8 Å². The van der Waals surface area contributed by atoms with Crippen LogP contribution in [0, 0.1) is 5.92 Å². The molecule has 0 aliphatic carbocycles. The largest absolute Gasteiger partial charge is 0.481 e. The third-order valence-corrected chi connectivity index (χ3v) is 4.17. The van der Waals surface area contributed by atoms with Crippen LogP contribution in [0.3, 0.4) is 0 Å². The Balaban J connectivity index is 2.62. The smallest absolute Gasteiger partial charge is 0.320 e. The summed E-state index contributed by atoms with van der Waals surface area (Å²) in [5, 5.41) is 8.86. The Hall–Kier alpha value is -1.26. The summed E-state index contributed by atoms with van der Waals surface area (Å²) in [4.78, 5) is 27.1. The Morgan fingerprint density at radius 1 is 1.24 bits per heavy atom. The van der Waals surface area contributed by atoms with Gasteiger partial charge in [-0.3, -0.25) is 4.79 Å². The van der Waals surface area contributed by atoms with Crippen LogP contribution in [0.4, 0.5) is 4.79 Å². The predicted octanol–water partition coefficient (Wildman–Crippen LogP) is 3.19. The van der Waals surface area contributed by atoms with E-state index in [4.69, 9.17) is 5.11 Å². The average Bonchev–Trinajstić information content (AvgIpc) is 2.38. The lowest BCUT2D eigenvalue weighted by molar-refractivity contribution is -0.137. The molecule has 1 aliphatic rings. The number of carboxylic acid groups (broad SMARTS) is 1. The fourth-order valence-electron chi connectivity index (χ4n) is 2.92. The summed E-state index contributed by atoms with van der Waals surface area (Å²) in [5.74, 6) is -0.125. The van der Waals surface area contributed by atoms with Gasteiger partial charge in [0.25, 0.3) is 0 Å². The zero-order valence-electron chi connectivity index (χ0n) is 13.9. The van der Waals surface area contributed by atoms with Gasteiger partial charge in [-0.15, -0.1) is 0 Å². The second kappa shape index (κ2) is 7.66. The first-order valence-corrected chi connectivity index (χ1v) is 8.04. The second-order valence-electron chi connectivity index (χ2n) is 6.97. The quantitative estimate of drug-likeness (QED) is 0.848. The number of likely N-dealkylation sites (tertiary alicyclic amines) is 1. The van der Waals surface area contributed by atoms with Crippen LogP contribution in [-0.2, 0) is 4.79 Å². The van der Waals surface area contributed by atoms with Crippen molar-refractivity contribution in [3.63, 3.8) is 0 Å². The first kappa shape index (κ1) is 17.8. The van der Waals surface area contributed by atoms with Gasteiger partial charge in [-0.05, 0) is 39.5 Å². The van der Waals surface area contributed by atoms with Gasteiger partial charge in [-0.25, -0.2) is 4.79 Å². The predicted molar refractivity (Wildman–Crippen MR) is 83.3 cm³/mol. The zero-order chi connectivity index (χ0) is 16.0. The molecule has 0 bridgehead atoms. The maximum absolute atomic E-state index is 12.7. The highest BCUT2D eigenvalue weighted by atomic mass is 16.4. The van der Waals surface area contributed by atoms with Crippen molar-refractivity contribution in [3.8, 4) is 0 Å². The van der Waals surface area contributed by atoms with Gasteiger partial charge in [0.2, 0.25) is 0 Å². The maximum Gasteiger partial charge on any atom is 0.320 e. The van der Waals surface area contributed by atoms with Crippen molar-refractivity contribution in [3.05, 3.63) is 0 Å². The Morgan fingerprint density at radius 3 is 2.24 bits per heavy atom. The van der Waals surface area contributed by atoms with Crippen LogP contribution in [-0.4, -0.2) is 52.1 Å². The molecule has 1 N–H and O–H groups in total. The van der Waals surface area contributed by atoms with Crippen LogP contribution in [0.25, 0.3) is 0 Å². The lowest BCUT2D eigenvalue weighted by atomic mass is 9.92. The Labute approximate surface area is 128 Å². The van der Waals surface area contributed by atoms with Crippen LogP contribution in [0.5, 0.6) is 0 Å². The Morgan fingerprint density at radius 2 is 1.81 bits per heavy atom. The minimum Gasteiger partial charge on any atom is -0.481 e. The molecule has 0 aromatic carbocycles. The van der Waals surface area contributed by atoms with Crippen LogP contribution in [0.2, 0.25) is 0 Å². The summed E-state index contributed by atoms with van der Waals surface area (Å²) in [5.41, 5.74) is -0.354. The molecule has 0 atom stereocenters. The van der Waals surface area contributed by atoms with Crippen molar-refractivity contribution in [1.82, 2.24) is 9.80 Å². The number of nitrogens with zero attached hydrogens (tertiary/aromatic N) is 2. The maximum atomic E-state index is 12.7. The first-order chi connectivity index (χ1) is 9.75. The van der Waals surface area contributed by atoms with Crippen LogP contribution in [0.1, 0.15) is 59.8 Å². The molecule has 1 heterocycles. The van der Waals surface area contributed by atoms with E-state index >= 15 is 0 Å². The van der Waals surface area contributed by atoms with Crippen molar-refractivity contribution >= 4 is 12.0 Å². The zero-order valence-corrected chi connectivity index (χ0v) is 13.9. The van der Waals surface area contributed by atoms with Gasteiger partial charge in [-0.1, -0.05) is 19.8 Å². The van der Waals surface area contributed by atoms with Gasteiger partial charge < -0.3 is 14.9 Å². The molecule has 2 amide bonds. The molecule has 5 nitrogen and oxygen atoms in total. The highest BCUT2D eigenvalue weighted by Crippen LogP contribution is 2.24. The molecule has 1 fully saturated rings. The summed E-state index contributed by atoms with van der Waals surface area (Å²) in [6.07, 6.45) is 4.57. The van der Waals surface area contributed by atoms with Crippen molar-refractivity contribution in [2.24, 2.45) is 5.92 Å². The molecule has 0 unspecified atom stereocenters. The Kier molecular flexibility index (Phi) is 6.49. The standard InChI is InChI=1S/C16H30N2O3/c1-5-6-13-7-10-17(11-8-13)15(21)18(16(2,3)4)12-9-14(19)20/h13H,5-12H2,1-4H3,(H,19,20). The van der Waals surface area contributed by atoms with E-state index in [1.54, 1.807) is 4.90 Å². The molecule has 0 aromatic heterocycles. The van der Waals surface area contributed by atoms with E-state index in [1.807, 2.05) is 25.7 Å². The van der Waals surface area contributed by atoms with Crippen molar-refractivity contribution in [1.29, 1.82) is 0 Å². The fourth-order valence-corrected chi connectivity index (χ4v) is 2.92. The number of hydrogen-bond donors (Lipinski definition) is 1. The molecule has 1 saturated heterocycles. The highest BCUT2D eigenvalue weighted by molar-refractivity contribution is 5.76. The average molecular weight is 298 g/mol. The summed E-state index contributed by atoms with van der Waals surface area (Å²) in [7, 11) is 0. The molecule has 0 saturated carbocycles. The molecule has 0 radical (unpaired) electrons. The van der Waals surface area contributed by atoms with Gasteiger partial charge in [0.05, 0.1) is 6.42 Å². The molecular formula is C16H30N2O3. The van der Waals surface area contributed by atoms with Gasteiger partial charge in [-0.2, -0.15) is 0 Å². The Bertz CT molecular complexity index is 355. The number of urea groups is 1. The number of carbonyl (C=O) groups is 2. The van der Waals surface area contributed by atoms with E-state index in [9.17, 15) is 9.59 Å². The van der Waals surface area contributed by atoms with E-state index in [2.05, 4.69) is 6.92 Å². The number of aliphatic carboxylic acids is 1. The number of carboxylic acids is 1. The number of hydrogen-bond acceptors (Lipinski definition) is 2. The molecule has 0 aromatic rings. The molecular weight excluding hydrogens is 268 g/mol. The molecule has 1 aliphatic heterocycles. The highest BCUT2D eigenvalue weighted by Gasteiger charge is 2.32. The SMILES string of the molecule is CCCC1CCN(C(=O)N(CCC(=O)O)C(C)(C)C)CC1. The summed E-state index contributed by atoms with van der Waals surface area (Å²) < 4.78 is 0. The minimum absolute atomic E-state index is 0.00465. The van der Waals surface area contributed by atoms with Gasteiger partial charge >= 0.3 is 12.0 Å². The number of carbonyl (C=O) groups excluding carboxylic acids is 1. The first-order valence-electron chi connectivity index (χ1n) is 8.04. The monoisotopic (exact) mass is 298 g/mol. The molecule has 0 spiro atoms. The molecule has 122 valence electrons. The summed E-state index contributed by atoms with van der Waals surface area (Å²) >= 11 is 0. The third-order valence-electron chi connectivity index (χ3n) is 4.17. The van der Waals surface area contributed by atoms with Crippen molar-refractivity contribution in [2.45, 2.75) is 65.3 Å². The fraction of sp³-hybridized carbons (Fsp3) is 0.875. The topological polar surface area (TPSA) is 60.9 Å². The van der Waals surface area contributed by atoms with E-state index in [0.717, 1.165) is 31.8 Å².